The van der Waals surface area contributed by atoms with E-state index in [0.717, 1.165) is 81.3 Å². The van der Waals surface area contributed by atoms with Crippen molar-refractivity contribution in [2.75, 3.05) is 54.9 Å². The monoisotopic (exact) mass is 478 g/mol. The van der Waals surface area contributed by atoms with Crippen LogP contribution in [-0.2, 0) is 4.74 Å². The lowest BCUT2D eigenvalue weighted by molar-refractivity contribution is 0.122. The molecule has 2 aliphatic rings. The number of imidazole rings is 1. The molecule has 1 aliphatic heterocycles. The van der Waals surface area contributed by atoms with Crippen molar-refractivity contribution >= 4 is 34.3 Å². The highest BCUT2D eigenvalue weighted by molar-refractivity contribution is 5.86. The van der Waals surface area contributed by atoms with E-state index in [0.29, 0.717) is 12.0 Å². The molecule has 0 spiro atoms. The standard InChI is InChI=1S/C26H38N8O/c27-13-5-1-2-6-14-28-26-31-24(23-25(32-26)34(19-29-23)22-7-3-4-8-22)30-20-9-11-21(12-10-20)33-15-17-35-18-16-33/h9-12,19,22H,1-8,13-18,27H2,(H2,28,30,31,32). The Morgan fingerprint density at radius 3 is 2.51 bits per heavy atom. The van der Waals surface area contributed by atoms with Crippen molar-refractivity contribution in [3.63, 3.8) is 0 Å². The van der Waals surface area contributed by atoms with E-state index in [1.165, 1.54) is 37.8 Å². The van der Waals surface area contributed by atoms with Gasteiger partial charge in [-0.2, -0.15) is 9.97 Å². The van der Waals surface area contributed by atoms with Crippen LogP contribution in [0.5, 0.6) is 0 Å². The van der Waals surface area contributed by atoms with Crippen LogP contribution < -0.4 is 21.3 Å². The summed E-state index contributed by atoms with van der Waals surface area (Å²) in [5.74, 6) is 1.40. The number of rotatable bonds is 11. The third-order valence-electron chi connectivity index (χ3n) is 7.06. The van der Waals surface area contributed by atoms with E-state index >= 15 is 0 Å². The Labute approximate surface area is 207 Å². The van der Waals surface area contributed by atoms with Crippen molar-refractivity contribution in [2.45, 2.75) is 57.4 Å². The number of nitrogens with one attached hydrogen (secondary N) is 2. The molecule has 4 N–H and O–H groups in total. The number of anilines is 4. The van der Waals surface area contributed by atoms with Gasteiger partial charge in [0.05, 0.1) is 19.5 Å². The molecule has 2 fully saturated rings. The quantitative estimate of drug-likeness (QED) is 0.347. The first kappa shape index (κ1) is 23.8. The normalized spacial score (nSPS) is 16.8. The molecular weight excluding hydrogens is 440 g/mol. The second kappa shape index (κ2) is 11.7. The fourth-order valence-corrected chi connectivity index (χ4v) is 5.07. The van der Waals surface area contributed by atoms with Crippen LogP contribution in [0.3, 0.4) is 0 Å². The molecule has 188 valence electrons. The molecule has 35 heavy (non-hydrogen) atoms. The maximum atomic E-state index is 5.61. The second-order valence-corrected chi connectivity index (χ2v) is 9.56. The van der Waals surface area contributed by atoms with Gasteiger partial charge in [0, 0.05) is 37.1 Å². The van der Waals surface area contributed by atoms with Crippen molar-refractivity contribution in [3.8, 4) is 0 Å². The SMILES string of the molecule is NCCCCCCNc1nc(Nc2ccc(N3CCOCC3)cc2)c2ncn(C3CCCC3)c2n1. The molecule has 3 aromatic rings. The zero-order valence-electron chi connectivity index (χ0n) is 20.6. The molecule has 1 saturated carbocycles. The Morgan fingerprint density at radius 2 is 1.74 bits per heavy atom. The lowest BCUT2D eigenvalue weighted by Gasteiger charge is -2.28. The largest absolute Gasteiger partial charge is 0.378 e. The van der Waals surface area contributed by atoms with Crippen molar-refractivity contribution in [1.82, 2.24) is 19.5 Å². The number of benzene rings is 1. The number of nitrogens with two attached hydrogens (primary N) is 1. The summed E-state index contributed by atoms with van der Waals surface area (Å²) in [6, 6.07) is 9.00. The second-order valence-electron chi connectivity index (χ2n) is 9.56. The van der Waals surface area contributed by atoms with Gasteiger partial charge in [-0.25, -0.2) is 4.98 Å². The van der Waals surface area contributed by atoms with E-state index in [1.807, 2.05) is 6.33 Å². The van der Waals surface area contributed by atoms with E-state index in [1.54, 1.807) is 0 Å². The molecule has 1 aliphatic carbocycles. The minimum atomic E-state index is 0.472. The fourth-order valence-electron chi connectivity index (χ4n) is 5.07. The van der Waals surface area contributed by atoms with Gasteiger partial charge in [-0.3, -0.25) is 0 Å². The molecule has 1 aromatic carbocycles. The Balaban J connectivity index is 1.35. The molecule has 9 heteroatoms. The summed E-state index contributed by atoms with van der Waals surface area (Å²) in [7, 11) is 0. The van der Waals surface area contributed by atoms with Crippen LogP contribution in [0.4, 0.5) is 23.1 Å². The first-order chi connectivity index (χ1) is 17.3. The zero-order valence-corrected chi connectivity index (χ0v) is 20.6. The van der Waals surface area contributed by atoms with Gasteiger partial charge in [-0.05, 0) is 56.5 Å². The van der Waals surface area contributed by atoms with Gasteiger partial charge in [-0.15, -0.1) is 0 Å². The smallest absolute Gasteiger partial charge is 0.226 e. The highest BCUT2D eigenvalue weighted by Crippen LogP contribution is 2.33. The summed E-state index contributed by atoms with van der Waals surface area (Å²) in [6.07, 6.45) is 11.3. The van der Waals surface area contributed by atoms with Crippen LogP contribution in [0.15, 0.2) is 30.6 Å². The number of nitrogens with zero attached hydrogens (tertiary/aromatic N) is 5. The third-order valence-corrected chi connectivity index (χ3v) is 7.06. The average molecular weight is 479 g/mol. The topological polar surface area (TPSA) is 106 Å². The predicted molar refractivity (Wildman–Crippen MR) is 142 cm³/mol. The van der Waals surface area contributed by atoms with Crippen molar-refractivity contribution in [1.29, 1.82) is 0 Å². The number of hydrogen-bond donors (Lipinski definition) is 3. The van der Waals surface area contributed by atoms with Gasteiger partial charge >= 0.3 is 0 Å². The summed E-state index contributed by atoms with van der Waals surface area (Å²) in [5.41, 5.74) is 9.55. The third kappa shape index (κ3) is 5.85. The van der Waals surface area contributed by atoms with Crippen LogP contribution in [0.1, 0.15) is 57.4 Å². The summed E-state index contributed by atoms with van der Waals surface area (Å²) in [5, 5.41) is 6.96. The van der Waals surface area contributed by atoms with Crippen LogP contribution in [0, 0.1) is 0 Å². The molecule has 1 saturated heterocycles. The highest BCUT2D eigenvalue weighted by Gasteiger charge is 2.22. The first-order valence-electron chi connectivity index (χ1n) is 13.2. The lowest BCUT2D eigenvalue weighted by atomic mass is 10.2. The van der Waals surface area contributed by atoms with E-state index in [9.17, 15) is 0 Å². The van der Waals surface area contributed by atoms with E-state index < -0.39 is 0 Å². The van der Waals surface area contributed by atoms with Crippen molar-refractivity contribution in [3.05, 3.63) is 30.6 Å². The number of fused-ring (bicyclic) bond motifs is 1. The molecule has 0 amide bonds. The maximum absolute atomic E-state index is 5.61. The van der Waals surface area contributed by atoms with E-state index in [4.69, 9.17) is 25.4 Å². The van der Waals surface area contributed by atoms with Crippen LogP contribution in [0.25, 0.3) is 11.2 Å². The molecule has 9 nitrogen and oxygen atoms in total. The summed E-state index contributed by atoms with van der Waals surface area (Å²) in [6.45, 7) is 5.04. The average Bonchev–Trinajstić information content (AvgIpc) is 3.57. The number of aromatic nitrogens is 4. The zero-order chi connectivity index (χ0) is 23.9. The molecule has 0 bridgehead atoms. The van der Waals surface area contributed by atoms with Crippen LogP contribution in [0.2, 0.25) is 0 Å². The number of unbranched alkanes of at least 4 members (excludes halogenated alkanes) is 3. The van der Waals surface area contributed by atoms with Gasteiger partial charge < -0.3 is 30.6 Å². The maximum Gasteiger partial charge on any atom is 0.226 e. The Kier molecular flexibility index (Phi) is 7.95. The van der Waals surface area contributed by atoms with Gasteiger partial charge in [-0.1, -0.05) is 25.7 Å². The van der Waals surface area contributed by atoms with E-state index in [-0.39, 0.29) is 0 Å². The summed E-state index contributed by atoms with van der Waals surface area (Å²) in [4.78, 5) is 16.8. The Morgan fingerprint density at radius 1 is 0.971 bits per heavy atom. The van der Waals surface area contributed by atoms with Crippen LogP contribution >= 0.6 is 0 Å². The summed E-state index contributed by atoms with van der Waals surface area (Å²) >= 11 is 0. The summed E-state index contributed by atoms with van der Waals surface area (Å²) < 4.78 is 7.73. The van der Waals surface area contributed by atoms with E-state index in [2.05, 4.69) is 44.4 Å². The van der Waals surface area contributed by atoms with Crippen molar-refractivity contribution < 1.29 is 4.74 Å². The lowest BCUT2D eigenvalue weighted by Crippen LogP contribution is -2.36. The molecule has 0 unspecified atom stereocenters. The predicted octanol–water partition coefficient (Wildman–Crippen LogP) is 4.45. The molecule has 0 radical (unpaired) electrons. The minimum absolute atomic E-state index is 0.472. The van der Waals surface area contributed by atoms with Gasteiger partial charge in [0.25, 0.3) is 0 Å². The molecular formula is C26H38N8O. The van der Waals surface area contributed by atoms with Crippen molar-refractivity contribution in [2.24, 2.45) is 5.73 Å². The highest BCUT2D eigenvalue weighted by atomic mass is 16.5. The van der Waals surface area contributed by atoms with Gasteiger partial charge in [0.1, 0.15) is 0 Å². The fraction of sp³-hybridized carbons (Fsp3) is 0.577. The molecule has 3 heterocycles. The molecule has 5 rings (SSSR count). The van der Waals surface area contributed by atoms with Gasteiger partial charge in [0.2, 0.25) is 5.95 Å². The minimum Gasteiger partial charge on any atom is -0.378 e. The number of ether oxygens (including phenoxy) is 1. The Hall–Kier alpha value is -2.91. The Bertz CT molecular complexity index is 1070. The number of hydrogen-bond acceptors (Lipinski definition) is 8. The first-order valence-corrected chi connectivity index (χ1v) is 13.2. The van der Waals surface area contributed by atoms with Gasteiger partial charge in [0.15, 0.2) is 17.0 Å². The molecule has 0 atom stereocenters. The molecule has 2 aromatic heterocycles. The van der Waals surface area contributed by atoms with Crippen LogP contribution in [-0.4, -0.2) is 58.9 Å². The number of morpholine rings is 1.